The van der Waals surface area contributed by atoms with E-state index in [0.717, 1.165) is 6.92 Å². The fourth-order valence-corrected chi connectivity index (χ4v) is 6.74. The first-order valence-electron chi connectivity index (χ1n) is 15.9. The molecule has 0 aromatic heterocycles. The van der Waals surface area contributed by atoms with Gasteiger partial charge in [0, 0.05) is 48.4 Å². The first kappa shape index (κ1) is 36.3. The topological polar surface area (TPSA) is 242 Å². The van der Waals surface area contributed by atoms with Crippen molar-refractivity contribution in [2.75, 3.05) is 7.11 Å². The second kappa shape index (κ2) is 13.7. The number of hydrogen-bond acceptors (Lipinski definition) is 14. The van der Waals surface area contributed by atoms with Gasteiger partial charge >= 0.3 is 5.97 Å². The molecule has 0 spiro atoms. The van der Waals surface area contributed by atoms with Gasteiger partial charge in [-0.1, -0.05) is 12.1 Å². The van der Waals surface area contributed by atoms with Gasteiger partial charge in [-0.2, -0.15) is 0 Å². The Labute approximate surface area is 281 Å². The lowest BCUT2D eigenvalue weighted by Gasteiger charge is -2.43. The van der Waals surface area contributed by atoms with E-state index in [9.17, 15) is 44.7 Å². The Morgan fingerprint density at radius 2 is 1.78 bits per heavy atom. The monoisotopic (exact) mass is 687 g/mol. The predicted octanol–water partition coefficient (Wildman–Crippen LogP) is 1.64. The minimum Gasteiger partial charge on any atom is -0.507 e. The maximum absolute atomic E-state index is 13.8. The number of methoxy groups -OCH3 is 1. The van der Waals surface area contributed by atoms with E-state index in [1.165, 1.54) is 39.2 Å². The van der Waals surface area contributed by atoms with Crippen LogP contribution >= 0.6 is 0 Å². The van der Waals surface area contributed by atoms with Gasteiger partial charge < -0.3 is 55.0 Å². The number of ketones is 3. The van der Waals surface area contributed by atoms with Crippen molar-refractivity contribution in [3.05, 3.63) is 51.6 Å². The van der Waals surface area contributed by atoms with Gasteiger partial charge in [0.1, 0.15) is 29.0 Å². The Hall–Kier alpha value is -3.96. The van der Waals surface area contributed by atoms with Crippen LogP contribution in [-0.2, 0) is 35.0 Å². The number of carboxylic acids is 1. The molecule has 0 bridgehead atoms. The van der Waals surface area contributed by atoms with E-state index in [4.69, 9.17) is 29.4 Å². The molecule has 1 aliphatic heterocycles. The number of ether oxygens (including phenoxy) is 5. The van der Waals surface area contributed by atoms with E-state index in [1.807, 2.05) is 0 Å². The number of aliphatic hydroxyl groups is 2. The maximum Gasteiger partial charge on any atom is 0.332 e. The molecule has 2 aliphatic carbocycles. The van der Waals surface area contributed by atoms with Crippen LogP contribution in [0.5, 0.6) is 17.2 Å². The molecule has 49 heavy (non-hydrogen) atoms. The molecule has 0 radical (unpaired) electrons. The summed E-state index contributed by atoms with van der Waals surface area (Å²) in [5.41, 5.74) is 3.07. The molecule has 1 fully saturated rings. The highest BCUT2D eigenvalue weighted by atomic mass is 16.7. The number of nitrogens with two attached hydrogens (primary N) is 1. The van der Waals surface area contributed by atoms with Crippen LogP contribution in [0.1, 0.15) is 96.0 Å². The van der Waals surface area contributed by atoms with Crippen molar-refractivity contribution in [3.63, 3.8) is 0 Å². The lowest BCUT2D eigenvalue weighted by atomic mass is 9.72. The molecule has 2 aromatic carbocycles. The van der Waals surface area contributed by atoms with Crippen LogP contribution in [0.3, 0.4) is 0 Å². The molecule has 1 saturated heterocycles. The molecular weight excluding hydrogens is 646 g/mol. The predicted molar refractivity (Wildman–Crippen MR) is 167 cm³/mol. The third-order valence-electron chi connectivity index (χ3n) is 9.31. The average molecular weight is 688 g/mol. The molecule has 2 aromatic rings. The highest BCUT2D eigenvalue weighted by Crippen LogP contribution is 2.52. The van der Waals surface area contributed by atoms with E-state index in [2.05, 4.69) is 0 Å². The number of rotatable bonds is 11. The molecule has 7 unspecified atom stereocenters. The summed E-state index contributed by atoms with van der Waals surface area (Å²) in [5, 5.41) is 53.8. The van der Waals surface area contributed by atoms with Gasteiger partial charge in [-0.25, -0.2) is 4.79 Å². The fourth-order valence-electron chi connectivity index (χ4n) is 6.74. The van der Waals surface area contributed by atoms with Crippen molar-refractivity contribution in [1.29, 1.82) is 0 Å². The minimum atomic E-state index is -2.08. The van der Waals surface area contributed by atoms with Crippen LogP contribution in [0.25, 0.3) is 0 Å². The molecule has 0 saturated carbocycles. The summed E-state index contributed by atoms with van der Waals surface area (Å²) in [4.78, 5) is 51.6. The number of aliphatic hydroxyl groups excluding tert-OH is 1. The molecule has 15 heteroatoms. The highest BCUT2D eigenvalue weighted by molar-refractivity contribution is 6.31. The quantitative estimate of drug-likeness (QED) is 0.124. The van der Waals surface area contributed by atoms with E-state index < -0.39 is 114 Å². The smallest absolute Gasteiger partial charge is 0.332 e. The number of benzene rings is 2. The van der Waals surface area contributed by atoms with Gasteiger partial charge in [0.25, 0.3) is 0 Å². The van der Waals surface area contributed by atoms with E-state index in [-0.39, 0.29) is 40.8 Å². The third kappa shape index (κ3) is 6.67. The van der Waals surface area contributed by atoms with Crippen LogP contribution < -0.4 is 10.5 Å². The summed E-state index contributed by atoms with van der Waals surface area (Å²) in [6.07, 6.45) is -8.34. The number of Topliss-reactive ketones (excluding diaryl/α,β-unsaturated/α-hetero) is 1. The molecule has 266 valence electrons. The Morgan fingerprint density at radius 1 is 1.10 bits per heavy atom. The summed E-state index contributed by atoms with van der Waals surface area (Å²) in [6.45, 7) is 5.58. The normalized spacial score (nSPS) is 28.1. The van der Waals surface area contributed by atoms with Gasteiger partial charge in [0.05, 0.1) is 42.1 Å². The zero-order valence-electron chi connectivity index (χ0n) is 27.7. The number of aromatic hydroxyl groups is 2. The standard InChI is InChI=1S/C34H41NO14/c1-13(36)9-22(47-15(3)33(42)43)49-32-14(2)46-23(10-19(32)35)48-21-12-34(44,16(4)37)11-18-25(21)31(41)27-26(29(18)39)28(38)17-7-6-8-20(45-5)24(17)30(27)40/h6-8,13-15,19,21-23,32,36,39,41,44H,9-12,35H2,1-5H3,(H,42,43)/t13?,14?,15?,19?,21-,22?,23?,32?,34-/m0/s1. The Bertz CT molecular complexity index is 1660. The van der Waals surface area contributed by atoms with Crippen LogP contribution in [0, 0.1) is 0 Å². The maximum atomic E-state index is 13.8. The molecule has 1 heterocycles. The van der Waals surface area contributed by atoms with Crippen molar-refractivity contribution in [1.82, 2.24) is 0 Å². The Balaban J connectivity index is 1.48. The van der Waals surface area contributed by atoms with Crippen molar-refractivity contribution in [2.45, 2.75) is 108 Å². The fraction of sp³-hybridized carbons (Fsp3) is 0.529. The summed E-state index contributed by atoms with van der Waals surface area (Å²) < 4.78 is 29.1. The molecule has 7 N–H and O–H groups in total. The summed E-state index contributed by atoms with van der Waals surface area (Å²) in [6, 6.07) is 3.58. The highest BCUT2D eigenvalue weighted by Gasteiger charge is 2.49. The number of phenols is 2. The first-order chi connectivity index (χ1) is 23.0. The van der Waals surface area contributed by atoms with Crippen molar-refractivity contribution >= 4 is 23.3 Å². The number of aliphatic carboxylic acids is 1. The minimum absolute atomic E-state index is 0.0328. The van der Waals surface area contributed by atoms with E-state index in [0.29, 0.717) is 0 Å². The van der Waals surface area contributed by atoms with Gasteiger partial charge in [-0.05, 0) is 33.8 Å². The zero-order valence-corrected chi connectivity index (χ0v) is 27.7. The van der Waals surface area contributed by atoms with Gasteiger partial charge in [-0.15, -0.1) is 0 Å². The van der Waals surface area contributed by atoms with Gasteiger partial charge in [-0.3, -0.25) is 14.4 Å². The van der Waals surface area contributed by atoms with E-state index >= 15 is 0 Å². The second-order valence-electron chi connectivity index (χ2n) is 12.9. The Kier molecular flexibility index (Phi) is 10.2. The van der Waals surface area contributed by atoms with Crippen LogP contribution in [0.15, 0.2) is 18.2 Å². The molecule has 3 aliphatic rings. The summed E-state index contributed by atoms with van der Waals surface area (Å²) >= 11 is 0. The third-order valence-corrected chi connectivity index (χ3v) is 9.31. The lowest BCUT2D eigenvalue weighted by molar-refractivity contribution is -0.283. The number of carboxylic acid groups (broad SMARTS) is 1. The lowest BCUT2D eigenvalue weighted by Crippen LogP contribution is -2.55. The largest absolute Gasteiger partial charge is 0.507 e. The first-order valence-corrected chi connectivity index (χ1v) is 15.9. The molecule has 5 rings (SSSR count). The number of fused-ring (bicyclic) bond motifs is 3. The van der Waals surface area contributed by atoms with E-state index in [1.54, 1.807) is 6.92 Å². The number of carbonyl (C=O) groups excluding carboxylic acids is 3. The number of hydrogen-bond donors (Lipinski definition) is 6. The summed E-state index contributed by atoms with van der Waals surface area (Å²) in [7, 11) is 1.32. The van der Waals surface area contributed by atoms with Crippen LogP contribution in [0.4, 0.5) is 0 Å². The second-order valence-corrected chi connectivity index (χ2v) is 12.9. The molecule has 9 atom stereocenters. The average Bonchev–Trinajstić information content (AvgIpc) is 3.02. The van der Waals surface area contributed by atoms with Crippen molar-refractivity contribution in [2.24, 2.45) is 5.73 Å². The zero-order chi connectivity index (χ0) is 36.1. The van der Waals surface area contributed by atoms with Crippen LogP contribution in [-0.4, -0.2) is 105 Å². The number of carbonyl (C=O) groups is 4. The van der Waals surface area contributed by atoms with Crippen molar-refractivity contribution in [3.8, 4) is 17.2 Å². The Morgan fingerprint density at radius 3 is 2.37 bits per heavy atom. The van der Waals surface area contributed by atoms with Crippen molar-refractivity contribution < 1.29 is 68.4 Å². The summed E-state index contributed by atoms with van der Waals surface area (Å²) in [5.74, 6) is -4.67. The molecular formula is C34H41NO14. The van der Waals surface area contributed by atoms with Gasteiger partial charge in [0.15, 0.2) is 30.3 Å². The number of phenolic OH excluding ortho intramolecular Hbond substituents is 2. The SMILES string of the molecule is COc1cccc2c1C(=O)c1c(O)c3c(c(O)c1C2=O)C[C@@](O)(C(C)=O)C[C@@H]3OC1CC(N)C(OC(CC(C)O)OC(C)C(=O)O)C(C)O1. The van der Waals surface area contributed by atoms with Gasteiger partial charge in [0.2, 0.25) is 5.78 Å². The molecule has 0 amide bonds. The molecule has 15 nitrogen and oxygen atoms in total. The van der Waals surface area contributed by atoms with Crippen LogP contribution in [0.2, 0.25) is 0 Å².